The molecule has 0 spiro atoms. The Morgan fingerprint density at radius 2 is 2.05 bits per heavy atom. The zero-order chi connectivity index (χ0) is 14.1. The second-order valence-electron chi connectivity index (χ2n) is 5.14. The summed E-state index contributed by atoms with van der Waals surface area (Å²) in [7, 11) is 0. The minimum absolute atomic E-state index is 0.147. The van der Waals surface area contributed by atoms with E-state index in [4.69, 9.17) is 4.74 Å². The van der Waals surface area contributed by atoms with E-state index in [2.05, 4.69) is 9.88 Å². The van der Waals surface area contributed by atoms with E-state index < -0.39 is 0 Å². The molecule has 1 saturated heterocycles. The number of fused-ring (bicyclic) bond motifs is 1. The molecule has 106 valence electrons. The molecule has 2 heterocycles. The molecule has 0 unspecified atom stereocenters. The fourth-order valence-electron chi connectivity index (χ4n) is 2.62. The summed E-state index contributed by atoms with van der Waals surface area (Å²) in [5, 5.41) is 1.60. The highest BCUT2D eigenvalue weighted by Gasteiger charge is 2.14. The lowest BCUT2D eigenvalue weighted by Crippen LogP contribution is -2.36. The molecule has 0 atom stereocenters. The Labute approximate surface area is 116 Å². The molecule has 0 saturated carbocycles. The van der Waals surface area contributed by atoms with Crippen LogP contribution in [0.25, 0.3) is 10.8 Å². The lowest BCUT2D eigenvalue weighted by molar-refractivity contribution is 0.0338. The lowest BCUT2D eigenvalue weighted by Gasteiger charge is -2.26. The number of pyridine rings is 1. The van der Waals surface area contributed by atoms with Crippen molar-refractivity contribution in [2.45, 2.75) is 13.5 Å². The van der Waals surface area contributed by atoms with Crippen LogP contribution in [0.3, 0.4) is 0 Å². The van der Waals surface area contributed by atoms with Crippen LogP contribution < -0.4 is 5.56 Å². The normalized spacial score (nSPS) is 16.7. The van der Waals surface area contributed by atoms with Crippen molar-refractivity contribution in [3.05, 3.63) is 45.6 Å². The summed E-state index contributed by atoms with van der Waals surface area (Å²) in [4.78, 5) is 17.1. The van der Waals surface area contributed by atoms with Gasteiger partial charge in [0.15, 0.2) is 0 Å². The summed E-state index contributed by atoms with van der Waals surface area (Å²) in [6.07, 6.45) is 0. The highest BCUT2D eigenvalue weighted by atomic mass is 19.1. The molecular weight excluding hydrogens is 259 g/mol. The van der Waals surface area contributed by atoms with Crippen molar-refractivity contribution >= 4 is 10.8 Å². The zero-order valence-electron chi connectivity index (χ0n) is 11.4. The number of halogens is 1. The Hall–Kier alpha value is -1.72. The first kappa shape index (κ1) is 13.3. The first-order valence-corrected chi connectivity index (χ1v) is 6.76. The Balaban J connectivity index is 2.05. The van der Waals surface area contributed by atoms with Gasteiger partial charge in [0.25, 0.3) is 5.56 Å². The van der Waals surface area contributed by atoms with Crippen LogP contribution >= 0.6 is 0 Å². The van der Waals surface area contributed by atoms with Gasteiger partial charge in [0.2, 0.25) is 0 Å². The van der Waals surface area contributed by atoms with Crippen molar-refractivity contribution < 1.29 is 9.13 Å². The molecule has 1 aliphatic heterocycles. The minimum Gasteiger partial charge on any atom is -0.379 e. The van der Waals surface area contributed by atoms with Crippen LogP contribution in [-0.2, 0) is 11.3 Å². The average molecular weight is 276 g/mol. The van der Waals surface area contributed by atoms with E-state index >= 15 is 0 Å². The van der Waals surface area contributed by atoms with E-state index in [-0.39, 0.29) is 11.4 Å². The highest BCUT2D eigenvalue weighted by molar-refractivity contribution is 5.87. The standard InChI is InChI=1S/C15H17FN2O2/c1-10-13-8-11(16)2-3-12(13)14(17-15(10)19)9-18-4-6-20-7-5-18/h2-3,8H,4-7,9H2,1H3,(H,17,19). The number of hydrogen-bond donors (Lipinski definition) is 1. The van der Waals surface area contributed by atoms with Crippen LogP contribution in [0.5, 0.6) is 0 Å². The molecule has 4 nitrogen and oxygen atoms in total. The van der Waals surface area contributed by atoms with E-state index in [0.29, 0.717) is 30.7 Å². The van der Waals surface area contributed by atoms with E-state index in [9.17, 15) is 9.18 Å². The maximum atomic E-state index is 13.4. The van der Waals surface area contributed by atoms with Gasteiger partial charge in [0.1, 0.15) is 5.82 Å². The number of rotatable bonds is 2. The van der Waals surface area contributed by atoms with Gasteiger partial charge >= 0.3 is 0 Å². The van der Waals surface area contributed by atoms with Crippen molar-refractivity contribution in [3.63, 3.8) is 0 Å². The van der Waals surface area contributed by atoms with Gasteiger partial charge in [-0.05, 0) is 30.5 Å². The third kappa shape index (κ3) is 2.46. The van der Waals surface area contributed by atoms with Crippen molar-refractivity contribution in [2.24, 2.45) is 0 Å². The third-order valence-corrected chi connectivity index (χ3v) is 3.80. The largest absolute Gasteiger partial charge is 0.379 e. The predicted octanol–water partition coefficient (Wildman–Crippen LogP) is 1.81. The number of aryl methyl sites for hydroxylation is 1. The smallest absolute Gasteiger partial charge is 0.251 e. The fourth-order valence-corrected chi connectivity index (χ4v) is 2.62. The summed E-state index contributed by atoms with van der Waals surface area (Å²) in [6.45, 7) is 5.49. The second-order valence-corrected chi connectivity index (χ2v) is 5.14. The maximum absolute atomic E-state index is 13.4. The zero-order valence-corrected chi connectivity index (χ0v) is 11.4. The van der Waals surface area contributed by atoms with Crippen molar-refractivity contribution in [2.75, 3.05) is 26.3 Å². The summed E-state index contributed by atoms with van der Waals surface area (Å²) < 4.78 is 18.7. The molecule has 3 rings (SSSR count). The number of nitrogens with zero attached hydrogens (tertiary/aromatic N) is 1. The SMILES string of the molecule is Cc1c(=O)[nH]c(CN2CCOCC2)c2ccc(F)cc12. The Bertz CT molecular complexity index is 690. The van der Waals surface area contributed by atoms with Gasteiger partial charge in [0.05, 0.1) is 13.2 Å². The second kappa shape index (κ2) is 5.34. The number of aromatic nitrogens is 1. The number of nitrogens with one attached hydrogen (secondary N) is 1. The number of benzene rings is 1. The molecule has 20 heavy (non-hydrogen) atoms. The molecule has 0 bridgehead atoms. The number of morpholine rings is 1. The van der Waals surface area contributed by atoms with Gasteiger partial charge in [-0.15, -0.1) is 0 Å². The Morgan fingerprint density at radius 3 is 2.80 bits per heavy atom. The van der Waals surface area contributed by atoms with Crippen LogP contribution in [0.2, 0.25) is 0 Å². The van der Waals surface area contributed by atoms with Crippen LogP contribution in [0.1, 0.15) is 11.3 Å². The van der Waals surface area contributed by atoms with E-state index in [1.807, 2.05) is 0 Å². The van der Waals surface area contributed by atoms with Gasteiger partial charge in [-0.3, -0.25) is 9.69 Å². The van der Waals surface area contributed by atoms with Gasteiger partial charge in [-0.2, -0.15) is 0 Å². The first-order chi connectivity index (χ1) is 9.65. The van der Waals surface area contributed by atoms with E-state index in [1.54, 1.807) is 13.0 Å². The molecule has 5 heteroatoms. The van der Waals surface area contributed by atoms with E-state index in [1.165, 1.54) is 12.1 Å². The van der Waals surface area contributed by atoms with Crippen molar-refractivity contribution in [1.82, 2.24) is 9.88 Å². The summed E-state index contributed by atoms with van der Waals surface area (Å²) in [5.74, 6) is -0.316. The number of hydrogen-bond acceptors (Lipinski definition) is 3. The molecule has 2 aromatic rings. The molecule has 1 aromatic heterocycles. The van der Waals surface area contributed by atoms with Crippen LogP contribution in [0, 0.1) is 12.7 Å². The van der Waals surface area contributed by atoms with Crippen molar-refractivity contribution in [3.8, 4) is 0 Å². The fraction of sp³-hybridized carbons (Fsp3) is 0.400. The molecule has 1 aliphatic rings. The average Bonchev–Trinajstić information content (AvgIpc) is 2.45. The van der Waals surface area contributed by atoms with Gasteiger partial charge in [-0.1, -0.05) is 0 Å². The highest BCUT2D eigenvalue weighted by Crippen LogP contribution is 2.21. The third-order valence-electron chi connectivity index (χ3n) is 3.80. The summed E-state index contributed by atoms with van der Waals surface area (Å²) in [6, 6.07) is 4.61. The number of ether oxygens (including phenoxy) is 1. The van der Waals surface area contributed by atoms with Crippen molar-refractivity contribution in [1.29, 1.82) is 0 Å². The van der Waals surface area contributed by atoms with Gasteiger partial charge < -0.3 is 9.72 Å². The molecule has 0 amide bonds. The molecule has 1 fully saturated rings. The van der Waals surface area contributed by atoms with Gasteiger partial charge in [-0.25, -0.2) is 4.39 Å². The summed E-state index contributed by atoms with van der Waals surface area (Å²) in [5.41, 5.74) is 1.26. The topological polar surface area (TPSA) is 45.3 Å². The molecule has 1 aromatic carbocycles. The maximum Gasteiger partial charge on any atom is 0.251 e. The molecule has 0 radical (unpaired) electrons. The van der Waals surface area contributed by atoms with E-state index in [0.717, 1.165) is 24.2 Å². The first-order valence-electron chi connectivity index (χ1n) is 6.76. The molecule has 0 aliphatic carbocycles. The predicted molar refractivity (Wildman–Crippen MR) is 75.4 cm³/mol. The monoisotopic (exact) mass is 276 g/mol. The molecule has 1 N–H and O–H groups in total. The molecular formula is C15H17FN2O2. The van der Waals surface area contributed by atoms with Crippen LogP contribution in [0.15, 0.2) is 23.0 Å². The number of aromatic amines is 1. The Morgan fingerprint density at radius 1 is 1.30 bits per heavy atom. The quantitative estimate of drug-likeness (QED) is 0.910. The van der Waals surface area contributed by atoms with Gasteiger partial charge in [0, 0.05) is 36.3 Å². The van der Waals surface area contributed by atoms with Crippen LogP contribution in [-0.4, -0.2) is 36.2 Å². The Kier molecular flexibility index (Phi) is 3.54. The van der Waals surface area contributed by atoms with Crippen LogP contribution in [0.4, 0.5) is 4.39 Å². The lowest BCUT2D eigenvalue weighted by atomic mass is 10.0. The summed E-state index contributed by atoms with van der Waals surface area (Å²) >= 11 is 0. The number of H-pyrrole nitrogens is 1. The minimum atomic E-state index is -0.316.